The molecule has 1 fully saturated rings. The van der Waals surface area contributed by atoms with Crippen LogP contribution in [0.4, 0.5) is 0 Å². The van der Waals surface area contributed by atoms with E-state index in [1.807, 2.05) is 31.4 Å². The number of hydrogen-bond acceptors (Lipinski definition) is 5. The molecule has 2 heterocycles. The second-order valence-electron chi connectivity index (χ2n) is 6.18. The second-order valence-corrected chi connectivity index (χ2v) is 7.03. The van der Waals surface area contributed by atoms with Crippen molar-refractivity contribution < 1.29 is 9.21 Å². The van der Waals surface area contributed by atoms with Crippen molar-refractivity contribution >= 4 is 17.2 Å². The van der Waals surface area contributed by atoms with Gasteiger partial charge in [0, 0.05) is 11.9 Å². The highest BCUT2D eigenvalue weighted by atomic mass is 32.1. The number of nitrogens with one attached hydrogen (secondary N) is 1. The van der Waals surface area contributed by atoms with Crippen LogP contribution in [0, 0.1) is 12.8 Å². The van der Waals surface area contributed by atoms with E-state index in [-0.39, 0.29) is 17.9 Å². The van der Waals surface area contributed by atoms with E-state index in [0.29, 0.717) is 12.5 Å². The Balaban J connectivity index is 1.63. The summed E-state index contributed by atoms with van der Waals surface area (Å²) in [5, 5.41) is 5.80. The van der Waals surface area contributed by atoms with Gasteiger partial charge in [-0.1, -0.05) is 0 Å². The SMILES string of the molecule is Cc1ccc(-c2nc(CC(=O)NC(C)(CN)C3CC3)cs2)o1. The van der Waals surface area contributed by atoms with E-state index in [0.717, 1.165) is 35.1 Å². The Kier molecular flexibility index (Phi) is 4.06. The molecule has 1 atom stereocenters. The number of amides is 1. The first-order valence-corrected chi connectivity index (χ1v) is 8.40. The Morgan fingerprint density at radius 2 is 2.32 bits per heavy atom. The fourth-order valence-corrected chi connectivity index (χ4v) is 3.40. The van der Waals surface area contributed by atoms with Crippen molar-refractivity contribution in [3.63, 3.8) is 0 Å². The van der Waals surface area contributed by atoms with E-state index in [1.165, 1.54) is 11.3 Å². The number of nitrogens with zero attached hydrogens (tertiary/aromatic N) is 1. The van der Waals surface area contributed by atoms with E-state index < -0.39 is 0 Å². The molecule has 0 aromatic carbocycles. The number of rotatable bonds is 6. The lowest BCUT2D eigenvalue weighted by Crippen LogP contribution is -2.53. The summed E-state index contributed by atoms with van der Waals surface area (Å²) in [5.41, 5.74) is 6.31. The van der Waals surface area contributed by atoms with Gasteiger partial charge in [0.05, 0.1) is 17.7 Å². The molecule has 118 valence electrons. The second kappa shape index (κ2) is 5.85. The third kappa shape index (κ3) is 3.23. The molecule has 2 aromatic rings. The molecule has 3 N–H and O–H groups in total. The minimum atomic E-state index is -0.284. The third-order valence-electron chi connectivity index (χ3n) is 4.17. The van der Waals surface area contributed by atoms with Crippen LogP contribution in [0.2, 0.25) is 0 Å². The van der Waals surface area contributed by atoms with Crippen LogP contribution < -0.4 is 11.1 Å². The molecule has 22 heavy (non-hydrogen) atoms. The van der Waals surface area contributed by atoms with E-state index in [2.05, 4.69) is 10.3 Å². The first kappa shape index (κ1) is 15.2. The van der Waals surface area contributed by atoms with Gasteiger partial charge in [-0.25, -0.2) is 4.98 Å². The van der Waals surface area contributed by atoms with Gasteiger partial charge in [0.25, 0.3) is 0 Å². The molecule has 2 aromatic heterocycles. The van der Waals surface area contributed by atoms with Crippen molar-refractivity contribution in [3.05, 3.63) is 29.0 Å². The fourth-order valence-electron chi connectivity index (χ4n) is 2.62. The molecule has 0 spiro atoms. The zero-order chi connectivity index (χ0) is 15.7. The molecule has 6 heteroatoms. The van der Waals surface area contributed by atoms with Gasteiger partial charge in [-0.15, -0.1) is 11.3 Å². The first-order chi connectivity index (χ1) is 10.5. The minimum absolute atomic E-state index is 0.0210. The first-order valence-electron chi connectivity index (χ1n) is 7.52. The summed E-state index contributed by atoms with van der Waals surface area (Å²) in [5.74, 6) is 2.09. The number of aromatic nitrogens is 1. The molecule has 1 saturated carbocycles. The van der Waals surface area contributed by atoms with Crippen LogP contribution in [0.3, 0.4) is 0 Å². The Bertz CT molecular complexity index is 674. The smallest absolute Gasteiger partial charge is 0.226 e. The predicted octanol–water partition coefficient (Wildman–Crippen LogP) is 2.50. The average Bonchev–Trinajstić information content (AvgIpc) is 3.11. The molecule has 0 saturated heterocycles. The molecule has 0 radical (unpaired) electrons. The van der Waals surface area contributed by atoms with Gasteiger partial charge >= 0.3 is 0 Å². The Morgan fingerprint density at radius 1 is 1.55 bits per heavy atom. The van der Waals surface area contributed by atoms with Crippen LogP contribution in [-0.4, -0.2) is 23.0 Å². The van der Waals surface area contributed by atoms with Crippen LogP contribution in [0.25, 0.3) is 10.8 Å². The maximum atomic E-state index is 12.2. The highest BCUT2D eigenvalue weighted by Gasteiger charge is 2.41. The van der Waals surface area contributed by atoms with Gasteiger partial charge in [0.1, 0.15) is 5.76 Å². The van der Waals surface area contributed by atoms with Crippen LogP contribution >= 0.6 is 11.3 Å². The number of aryl methyl sites for hydroxylation is 1. The molecular formula is C16H21N3O2S. The van der Waals surface area contributed by atoms with Crippen molar-refractivity contribution in [2.45, 2.75) is 38.6 Å². The van der Waals surface area contributed by atoms with Crippen molar-refractivity contribution in [3.8, 4) is 10.8 Å². The summed E-state index contributed by atoms with van der Waals surface area (Å²) < 4.78 is 5.56. The maximum absolute atomic E-state index is 12.2. The van der Waals surface area contributed by atoms with Gasteiger partial charge in [-0.05, 0) is 44.7 Å². The van der Waals surface area contributed by atoms with Gasteiger partial charge in [-0.3, -0.25) is 4.79 Å². The summed E-state index contributed by atoms with van der Waals surface area (Å²) in [4.78, 5) is 16.7. The van der Waals surface area contributed by atoms with E-state index in [9.17, 15) is 4.79 Å². The molecule has 3 rings (SSSR count). The van der Waals surface area contributed by atoms with Crippen LogP contribution in [-0.2, 0) is 11.2 Å². The lowest BCUT2D eigenvalue weighted by atomic mass is 9.95. The largest absolute Gasteiger partial charge is 0.459 e. The van der Waals surface area contributed by atoms with Crippen molar-refractivity contribution in [1.82, 2.24) is 10.3 Å². The Hall–Kier alpha value is -1.66. The van der Waals surface area contributed by atoms with Gasteiger partial charge < -0.3 is 15.5 Å². The van der Waals surface area contributed by atoms with Gasteiger partial charge in [0.2, 0.25) is 5.91 Å². The minimum Gasteiger partial charge on any atom is -0.459 e. The Morgan fingerprint density at radius 3 is 2.91 bits per heavy atom. The molecule has 0 bridgehead atoms. The number of hydrogen-bond donors (Lipinski definition) is 2. The van der Waals surface area contributed by atoms with Crippen molar-refractivity contribution in [2.24, 2.45) is 11.7 Å². The number of nitrogens with two attached hydrogens (primary N) is 1. The molecule has 1 amide bonds. The van der Waals surface area contributed by atoms with Crippen LogP contribution in [0.1, 0.15) is 31.2 Å². The molecule has 0 aliphatic heterocycles. The summed E-state index contributed by atoms with van der Waals surface area (Å²) in [6.07, 6.45) is 2.57. The summed E-state index contributed by atoms with van der Waals surface area (Å²) in [6, 6.07) is 3.81. The molecular weight excluding hydrogens is 298 g/mol. The lowest BCUT2D eigenvalue weighted by molar-refractivity contribution is -0.122. The zero-order valence-corrected chi connectivity index (χ0v) is 13.7. The summed E-state index contributed by atoms with van der Waals surface area (Å²) in [6.45, 7) is 4.40. The van der Waals surface area contributed by atoms with Crippen molar-refractivity contribution in [1.29, 1.82) is 0 Å². The molecule has 5 nitrogen and oxygen atoms in total. The monoisotopic (exact) mass is 319 g/mol. The highest BCUT2D eigenvalue weighted by Crippen LogP contribution is 2.39. The number of thiazole rings is 1. The Labute approximate surface area is 133 Å². The van der Waals surface area contributed by atoms with E-state index in [4.69, 9.17) is 10.2 Å². The standard InChI is InChI=1S/C16H21N3O2S/c1-10-3-6-13(21-10)15-18-12(8-22-15)7-14(20)19-16(2,9-17)11-4-5-11/h3,6,8,11H,4-5,7,9,17H2,1-2H3,(H,19,20). The van der Waals surface area contributed by atoms with E-state index >= 15 is 0 Å². The van der Waals surface area contributed by atoms with E-state index in [1.54, 1.807) is 0 Å². The zero-order valence-electron chi connectivity index (χ0n) is 12.9. The highest BCUT2D eigenvalue weighted by molar-refractivity contribution is 7.13. The number of carbonyl (C=O) groups excluding carboxylic acids is 1. The normalized spacial score (nSPS) is 17.2. The quantitative estimate of drug-likeness (QED) is 0.857. The molecule has 1 aliphatic carbocycles. The predicted molar refractivity (Wildman–Crippen MR) is 86.6 cm³/mol. The van der Waals surface area contributed by atoms with Crippen LogP contribution in [0.5, 0.6) is 0 Å². The number of carbonyl (C=O) groups is 1. The van der Waals surface area contributed by atoms with Gasteiger partial charge in [0.15, 0.2) is 10.8 Å². The summed E-state index contributed by atoms with van der Waals surface area (Å²) >= 11 is 1.49. The maximum Gasteiger partial charge on any atom is 0.226 e. The fraction of sp³-hybridized carbons (Fsp3) is 0.500. The summed E-state index contributed by atoms with van der Waals surface area (Å²) in [7, 11) is 0. The van der Waals surface area contributed by atoms with Crippen LogP contribution in [0.15, 0.2) is 21.9 Å². The van der Waals surface area contributed by atoms with Crippen molar-refractivity contribution in [2.75, 3.05) is 6.54 Å². The third-order valence-corrected chi connectivity index (χ3v) is 5.08. The molecule has 1 aliphatic rings. The topological polar surface area (TPSA) is 81.2 Å². The number of furan rings is 1. The van der Waals surface area contributed by atoms with Gasteiger partial charge in [-0.2, -0.15) is 0 Å². The molecule has 1 unspecified atom stereocenters. The lowest BCUT2D eigenvalue weighted by Gasteiger charge is -2.29. The average molecular weight is 319 g/mol.